The summed E-state index contributed by atoms with van der Waals surface area (Å²) in [6.45, 7) is 4.98. The maximum Gasteiger partial charge on any atom is 0.255 e. The Kier molecular flexibility index (Phi) is 6.51. The molecular weight excluding hydrogens is 400 g/mol. The van der Waals surface area contributed by atoms with E-state index in [0.29, 0.717) is 30.2 Å². The standard InChI is InChI=1S/C26H24N4O2/c1-3-32-22-10-6-19(7-11-22)16-29-26(31)23-17-28-25(21-8-4-18(2)5-9-21)30-24(23)20-12-14-27-15-13-20/h4-15,17H,3,16H2,1-2H3,(H,29,31). The summed E-state index contributed by atoms with van der Waals surface area (Å²) in [4.78, 5) is 26.3. The molecule has 0 aliphatic carbocycles. The van der Waals surface area contributed by atoms with Gasteiger partial charge in [-0.1, -0.05) is 42.0 Å². The molecule has 2 aromatic heterocycles. The molecule has 1 amide bonds. The average Bonchev–Trinajstić information content (AvgIpc) is 2.84. The van der Waals surface area contributed by atoms with Gasteiger partial charge in [-0.25, -0.2) is 9.97 Å². The molecule has 4 aromatic rings. The predicted molar refractivity (Wildman–Crippen MR) is 124 cm³/mol. The van der Waals surface area contributed by atoms with Crippen LogP contribution in [0.2, 0.25) is 0 Å². The van der Waals surface area contributed by atoms with Gasteiger partial charge in [0.15, 0.2) is 5.82 Å². The molecule has 0 radical (unpaired) electrons. The lowest BCUT2D eigenvalue weighted by Crippen LogP contribution is -2.24. The van der Waals surface area contributed by atoms with Crippen molar-refractivity contribution in [2.45, 2.75) is 20.4 Å². The second-order valence-electron chi connectivity index (χ2n) is 7.32. The van der Waals surface area contributed by atoms with Crippen molar-refractivity contribution < 1.29 is 9.53 Å². The van der Waals surface area contributed by atoms with Crippen LogP contribution in [0.1, 0.15) is 28.4 Å². The van der Waals surface area contributed by atoms with E-state index in [1.807, 2.05) is 74.5 Å². The molecule has 0 fully saturated rings. The lowest BCUT2D eigenvalue weighted by Gasteiger charge is -2.12. The van der Waals surface area contributed by atoms with E-state index in [2.05, 4.69) is 15.3 Å². The second-order valence-corrected chi connectivity index (χ2v) is 7.32. The molecule has 4 rings (SSSR count). The number of carbonyl (C=O) groups is 1. The summed E-state index contributed by atoms with van der Waals surface area (Å²) in [6.07, 6.45) is 4.96. The molecule has 0 aliphatic rings. The highest BCUT2D eigenvalue weighted by Crippen LogP contribution is 2.24. The van der Waals surface area contributed by atoms with Crippen molar-refractivity contribution in [2.24, 2.45) is 0 Å². The molecule has 0 atom stereocenters. The molecule has 0 spiro atoms. The van der Waals surface area contributed by atoms with Crippen LogP contribution < -0.4 is 10.1 Å². The SMILES string of the molecule is CCOc1ccc(CNC(=O)c2cnc(-c3ccc(C)cc3)nc2-c2ccncc2)cc1. The Hall–Kier alpha value is -4.06. The van der Waals surface area contributed by atoms with Crippen molar-refractivity contribution in [3.05, 3.63) is 95.9 Å². The lowest BCUT2D eigenvalue weighted by atomic mass is 10.1. The quantitative estimate of drug-likeness (QED) is 0.459. The van der Waals surface area contributed by atoms with Crippen molar-refractivity contribution in [1.29, 1.82) is 0 Å². The van der Waals surface area contributed by atoms with Gasteiger partial charge in [-0.2, -0.15) is 0 Å². The minimum atomic E-state index is -0.235. The van der Waals surface area contributed by atoms with Crippen LogP contribution in [-0.2, 0) is 6.54 Å². The van der Waals surface area contributed by atoms with Crippen molar-refractivity contribution in [2.75, 3.05) is 6.61 Å². The van der Waals surface area contributed by atoms with Crippen LogP contribution in [0, 0.1) is 6.92 Å². The smallest absolute Gasteiger partial charge is 0.255 e. The summed E-state index contributed by atoms with van der Waals surface area (Å²) >= 11 is 0. The highest BCUT2D eigenvalue weighted by atomic mass is 16.5. The summed E-state index contributed by atoms with van der Waals surface area (Å²) in [6, 6.07) is 19.3. The normalized spacial score (nSPS) is 10.6. The molecule has 1 N–H and O–H groups in total. The summed E-state index contributed by atoms with van der Waals surface area (Å²) in [5.41, 5.74) is 4.83. The number of carbonyl (C=O) groups excluding carboxylic acids is 1. The van der Waals surface area contributed by atoms with Crippen molar-refractivity contribution in [3.63, 3.8) is 0 Å². The molecule has 0 aliphatic heterocycles. The monoisotopic (exact) mass is 424 g/mol. The molecule has 0 unspecified atom stereocenters. The number of ether oxygens (including phenoxy) is 1. The molecule has 2 heterocycles. The molecule has 6 heteroatoms. The van der Waals surface area contributed by atoms with Crippen LogP contribution in [0.25, 0.3) is 22.6 Å². The third kappa shape index (κ3) is 4.98. The van der Waals surface area contributed by atoms with E-state index in [1.165, 1.54) is 0 Å². The lowest BCUT2D eigenvalue weighted by molar-refractivity contribution is 0.0951. The molecule has 2 aromatic carbocycles. The zero-order valence-electron chi connectivity index (χ0n) is 18.1. The van der Waals surface area contributed by atoms with Crippen LogP contribution in [0.5, 0.6) is 5.75 Å². The zero-order valence-corrected chi connectivity index (χ0v) is 18.1. The van der Waals surface area contributed by atoms with Gasteiger partial charge < -0.3 is 10.1 Å². The van der Waals surface area contributed by atoms with Crippen molar-refractivity contribution in [1.82, 2.24) is 20.3 Å². The first-order valence-electron chi connectivity index (χ1n) is 10.5. The van der Waals surface area contributed by atoms with Crippen LogP contribution in [0.3, 0.4) is 0 Å². The van der Waals surface area contributed by atoms with Crippen molar-refractivity contribution >= 4 is 5.91 Å². The number of amides is 1. The van der Waals surface area contributed by atoms with Gasteiger partial charge in [-0.3, -0.25) is 9.78 Å². The van der Waals surface area contributed by atoms with Crippen LogP contribution >= 0.6 is 0 Å². The maximum atomic E-state index is 13.0. The Bertz CT molecular complexity index is 1190. The molecular formula is C26H24N4O2. The third-order valence-electron chi connectivity index (χ3n) is 4.98. The molecule has 6 nitrogen and oxygen atoms in total. The van der Waals surface area contributed by atoms with Gasteiger partial charge in [0.05, 0.1) is 17.9 Å². The highest BCUT2D eigenvalue weighted by Gasteiger charge is 2.17. The maximum absolute atomic E-state index is 13.0. The molecule has 32 heavy (non-hydrogen) atoms. The minimum absolute atomic E-state index is 0.235. The first-order chi connectivity index (χ1) is 15.6. The van der Waals surface area contributed by atoms with Crippen LogP contribution in [0.15, 0.2) is 79.3 Å². The van der Waals surface area contributed by atoms with Crippen LogP contribution in [0.4, 0.5) is 0 Å². The Morgan fingerprint density at radius 2 is 1.66 bits per heavy atom. The number of hydrogen-bond acceptors (Lipinski definition) is 5. The van der Waals surface area contributed by atoms with Gasteiger partial charge in [-0.15, -0.1) is 0 Å². The first kappa shape index (κ1) is 21.2. The van der Waals surface area contributed by atoms with E-state index in [9.17, 15) is 4.79 Å². The first-order valence-corrected chi connectivity index (χ1v) is 10.5. The number of nitrogens with one attached hydrogen (secondary N) is 1. The molecule has 160 valence electrons. The number of benzene rings is 2. The van der Waals surface area contributed by atoms with Gasteiger partial charge in [0.25, 0.3) is 5.91 Å². The fourth-order valence-electron chi connectivity index (χ4n) is 3.27. The molecule has 0 bridgehead atoms. The summed E-state index contributed by atoms with van der Waals surface area (Å²) in [5, 5.41) is 2.97. The van der Waals surface area contributed by atoms with Gasteiger partial charge in [0.2, 0.25) is 0 Å². The van der Waals surface area contributed by atoms with E-state index in [0.717, 1.165) is 28.0 Å². The highest BCUT2D eigenvalue weighted by molar-refractivity contribution is 5.99. The van der Waals surface area contributed by atoms with Crippen molar-refractivity contribution in [3.8, 4) is 28.4 Å². The van der Waals surface area contributed by atoms with E-state index in [1.54, 1.807) is 18.6 Å². The topological polar surface area (TPSA) is 77.0 Å². The number of hydrogen-bond donors (Lipinski definition) is 1. The average molecular weight is 425 g/mol. The Balaban J connectivity index is 1.60. The fourth-order valence-corrected chi connectivity index (χ4v) is 3.27. The van der Waals surface area contributed by atoms with Crippen LogP contribution in [-0.4, -0.2) is 27.5 Å². The largest absolute Gasteiger partial charge is 0.494 e. The Labute approximate surface area is 187 Å². The van der Waals surface area contributed by atoms with Gasteiger partial charge in [-0.05, 0) is 43.7 Å². The number of aromatic nitrogens is 3. The van der Waals surface area contributed by atoms with Gasteiger partial charge in [0, 0.05) is 36.3 Å². The number of aryl methyl sites for hydroxylation is 1. The van der Waals surface area contributed by atoms with E-state index >= 15 is 0 Å². The number of rotatable bonds is 7. The summed E-state index contributed by atoms with van der Waals surface area (Å²) < 4.78 is 5.47. The summed E-state index contributed by atoms with van der Waals surface area (Å²) in [5.74, 6) is 1.14. The third-order valence-corrected chi connectivity index (χ3v) is 4.98. The predicted octanol–water partition coefficient (Wildman–Crippen LogP) is 4.84. The Morgan fingerprint density at radius 1 is 0.938 bits per heavy atom. The van der Waals surface area contributed by atoms with E-state index < -0.39 is 0 Å². The minimum Gasteiger partial charge on any atom is -0.494 e. The molecule has 0 saturated carbocycles. The van der Waals surface area contributed by atoms with E-state index in [-0.39, 0.29) is 5.91 Å². The second kappa shape index (κ2) is 9.83. The molecule has 0 saturated heterocycles. The van der Waals surface area contributed by atoms with Gasteiger partial charge >= 0.3 is 0 Å². The fraction of sp³-hybridized carbons (Fsp3) is 0.154. The zero-order chi connectivity index (χ0) is 22.3. The Morgan fingerprint density at radius 3 is 2.34 bits per heavy atom. The van der Waals surface area contributed by atoms with Gasteiger partial charge in [0.1, 0.15) is 5.75 Å². The number of pyridine rings is 1. The summed E-state index contributed by atoms with van der Waals surface area (Å²) in [7, 11) is 0. The van der Waals surface area contributed by atoms with E-state index in [4.69, 9.17) is 9.72 Å². The number of nitrogens with zero attached hydrogens (tertiary/aromatic N) is 3.